The number of pyridine rings is 1. The summed E-state index contributed by atoms with van der Waals surface area (Å²) >= 11 is 1.45. The summed E-state index contributed by atoms with van der Waals surface area (Å²) in [4.78, 5) is 18.1. The van der Waals surface area contributed by atoms with Gasteiger partial charge in [-0.1, -0.05) is 18.7 Å². The van der Waals surface area contributed by atoms with Crippen molar-refractivity contribution in [2.75, 3.05) is 11.1 Å². The van der Waals surface area contributed by atoms with Crippen molar-refractivity contribution in [3.63, 3.8) is 0 Å². The van der Waals surface area contributed by atoms with Crippen LogP contribution in [0.1, 0.15) is 13.8 Å². The highest BCUT2D eigenvalue weighted by molar-refractivity contribution is 7.99. The molecule has 1 rings (SSSR count). The molecule has 0 radical (unpaired) electrons. The van der Waals surface area contributed by atoms with Crippen molar-refractivity contribution in [1.82, 2.24) is 4.98 Å². The summed E-state index contributed by atoms with van der Waals surface area (Å²) in [5.41, 5.74) is 0.413. The van der Waals surface area contributed by atoms with E-state index < -0.39 is 7.25 Å². The molecule has 0 bridgehead atoms. The van der Waals surface area contributed by atoms with Gasteiger partial charge in [-0.2, -0.15) is 0 Å². The second-order valence-corrected chi connectivity index (χ2v) is 4.48. The van der Waals surface area contributed by atoms with E-state index in [1.165, 1.54) is 18.7 Å². The molecule has 5 nitrogen and oxygen atoms in total. The Morgan fingerprint density at radius 2 is 2.00 bits per heavy atom. The molecule has 0 aromatic carbocycles. The van der Waals surface area contributed by atoms with E-state index in [1.807, 2.05) is 6.92 Å². The van der Waals surface area contributed by atoms with E-state index in [0.29, 0.717) is 16.5 Å². The molecule has 0 aliphatic rings. The predicted octanol–water partition coefficient (Wildman–Crippen LogP) is 3.94. The summed E-state index contributed by atoms with van der Waals surface area (Å²) < 4.78 is 39.0. The average molecular weight is 310 g/mol. The van der Waals surface area contributed by atoms with Crippen LogP contribution in [0.2, 0.25) is 0 Å². The summed E-state index contributed by atoms with van der Waals surface area (Å²) in [6.45, 7) is 3.39. The number of carbonyl (C=O) groups excluding carboxylic acids is 1. The molecule has 11 heteroatoms. The van der Waals surface area contributed by atoms with Crippen molar-refractivity contribution < 1.29 is 22.1 Å². The molecule has 1 aromatic heterocycles. The lowest BCUT2D eigenvalue weighted by Crippen LogP contribution is -2.07. The number of hydrogen-bond donors (Lipinski definition) is 1. The van der Waals surface area contributed by atoms with Crippen LogP contribution in [0.5, 0.6) is 0 Å². The Labute approximate surface area is 116 Å². The summed E-state index contributed by atoms with van der Waals surface area (Å²) in [6, 6.07) is 3.20. The van der Waals surface area contributed by atoms with Crippen LogP contribution >= 0.6 is 11.8 Å². The second kappa shape index (κ2) is 8.37. The average Bonchev–Trinajstić information content (AvgIpc) is 2.27. The highest BCUT2D eigenvalue weighted by Crippen LogP contribution is 2.28. The van der Waals surface area contributed by atoms with E-state index in [4.69, 9.17) is 5.39 Å². The third kappa shape index (κ3) is 9.15. The molecule has 0 unspecified atom stereocenters. The number of anilines is 1. The number of thioether (sulfide) groups is 1. The van der Waals surface area contributed by atoms with Gasteiger partial charge in [-0.05, 0) is 11.8 Å². The fraction of sp³-hybridized carbons (Fsp3) is 0.333. The zero-order valence-electron chi connectivity index (χ0n) is 10.6. The van der Waals surface area contributed by atoms with E-state index in [9.17, 15) is 22.1 Å². The first-order valence-corrected chi connectivity index (χ1v) is 6.29. The van der Waals surface area contributed by atoms with Crippen LogP contribution in [-0.2, 0) is 4.79 Å². The molecule has 1 heterocycles. The first-order chi connectivity index (χ1) is 9.17. The Balaban J connectivity index is 0.000000621. The molecule has 0 saturated carbocycles. The minimum Gasteiger partial charge on any atom is -0.418 e. The zero-order chi connectivity index (χ0) is 15.8. The SMILES string of the molecule is CCSc1nc(NC(C)=O)ccc1[N+]#N.F[B-](F)(F)F. The maximum Gasteiger partial charge on any atom is 0.673 e. The number of carbonyl (C=O) groups is 1. The molecule has 20 heavy (non-hydrogen) atoms. The molecule has 0 saturated heterocycles. The highest BCUT2D eigenvalue weighted by atomic mass is 32.2. The second-order valence-electron chi connectivity index (χ2n) is 3.23. The van der Waals surface area contributed by atoms with Crippen LogP contribution in [0.3, 0.4) is 0 Å². The quantitative estimate of drug-likeness (QED) is 0.397. The van der Waals surface area contributed by atoms with Crippen LogP contribution in [0.15, 0.2) is 17.2 Å². The van der Waals surface area contributed by atoms with Crippen LogP contribution < -0.4 is 5.32 Å². The van der Waals surface area contributed by atoms with Gasteiger partial charge < -0.3 is 22.6 Å². The molecular weight excluding hydrogens is 299 g/mol. The number of rotatable bonds is 3. The highest BCUT2D eigenvalue weighted by Gasteiger charge is 2.20. The minimum atomic E-state index is -6.00. The van der Waals surface area contributed by atoms with Gasteiger partial charge in [0.15, 0.2) is 10.0 Å². The largest absolute Gasteiger partial charge is 0.673 e. The molecule has 0 fully saturated rings. The maximum absolute atomic E-state index is 10.8. The summed E-state index contributed by atoms with van der Waals surface area (Å²) in [5, 5.41) is 11.9. The van der Waals surface area contributed by atoms with Crippen molar-refractivity contribution in [3.05, 3.63) is 17.1 Å². The molecule has 0 spiro atoms. The summed E-state index contributed by atoms with van der Waals surface area (Å²) in [6.07, 6.45) is 0. The Kier molecular flexibility index (Phi) is 7.60. The molecule has 1 aromatic rings. The van der Waals surface area contributed by atoms with Crippen molar-refractivity contribution in [2.45, 2.75) is 18.9 Å². The lowest BCUT2D eigenvalue weighted by Gasteiger charge is -2.00. The van der Waals surface area contributed by atoms with Crippen molar-refractivity contribution in [2.24, 2.45) is 0 Å². The van der Waals surface area contributed by atoms with Crippen molar-refractivity contribution in [1.29, 1.82) is 5.39 Å². The van der Waals surface area contributed by atoms with E-state index >= 15 is 0 Å². The maximum atomic E-state index is 10.8. The Morgan fingerprint density at radius 3 is 2.40 bits per heavy atom. The molecule has 1 amide bonds. The number of diazo groups is 1. The van der Waals surface area contributed by atoms with Gasteiger partial charge in [0.1, 0.15) is 5.82 Å². The Bertz CT molecular complexity index is 500. The molecule has 0 atom stereocenters. The number of halogens is 4. The van der Waals surface area contributed by atoms with Crippen molar-refractivity contribution in [3.8, 4) is 0 Å². The lowest BCUT2D eigenvalue weighted by atomic mass is 10.3. The monoisotopic (exact) mass is 310 g/mol. The number of amides is 1. The smallest absolute Gasteiger partial charge is 0.418 e. The van der Waals surface area contributed by atoms with Gasteiger partial charge >= 0.3 is 12.9 Å². The van der Waals surface area contributed by atoms with Gasteiger partial charge in [-0.25, -0.2) is 4.98 Å². The number of hydrogen-bond acceptors (Lipinski definition) is 4. The number of nitrogens with one attached hydrogen (secondary N) is 1. The normalized spacial score (nSPS) is 10.1. The van der Waals surface area contributed by atoms with E-state index in [1.54, 1.807) is 12.1 Å². The van der Waals surface area contributed by atoms with Gasteiger partial charge in [0.25, 0.3) is 0 Å². The van der Waals surface area contributed by atoms with Crippen LogP contribution in [0, 0.1) is 5.39 Å². The topological polar surface area (TPSA) is 70.1 Å². The van der Waals surface area contributed by atoms with Gasteiger partial charge in [-0.15, -0.1) is 0 Å². The van der Waals surface area contributed by atoms with Gasteiger partial charge in [0.05, 0.1) is 0 Å². The fourth-order valence-corrected chi connectivity index (χ4v) is 1.70. The van der Waals surface area contributed by atoms with Gasteiger partial charge in [0.2, 0.25) is 11.3 Å². The molecule has 0 aliphatic carbocycles. The van der Waals surface area contributed by atoms with E-state index in [2.05, 4.69) is 15.3 Å². The standard InChI is InChI=1S/C9H10N4OS.BF4/c1-3-15-9-7(13-10)4-5-8(12-9)11-6(2)14;2-1(3,4)5/h4-5H,3H2,1-2H3;/q;-1/p+1. The van der Waals surface area contributed by atoms with Crippen molar-refractivity contribution >= 4 is 36.4 Å². The van der Waals surface area contributed by atoms with Crippen LogP contribution in [-0.4, -0.2) is 23.9 Å². The van der Waals surface area contributed by atoms with E-state index in [0.717, 1.165) is 5.75 Å². The Hall–Kier alpha value is -1.83. The lowest BCUT2D eigenvalue weighted by molar-refractivity contribution is -0.114. The predicted molar refractivity (Wildman–Crippen MR) is 69.9 cm³/mol. The van der Waals surface area contributed by atoms with Crippen LogP contribution in [0.4, 0.5) is 28.8 Å². The molecule has 110 valence electrons. The van der Waals surface area contributed by atoms with Crippen LogP contribution in [0.25, 0.3) is 4.98 Å². The fourth-order valence-electron chi connectivity index (χ4n) is 1.00. The number of nitrogens with zero attached hydrogens (tertiary/aromatic N) is 3. The Morgan fingerprint density at radius 1 is 1.45 bits per heavy atom. The first kappa shape index (κ1) is 18.2. The van der Waals surface area contributed by atoms with E-state index in [-0.39, 0.29) is 5.91 Å². The first-order valence-electron chi connectivity index (χ1n) is 5.31. The van der Waals surface area contributed by atoms with Gasteiger partial charge in [0, 0.05) is 13.0 Å². The number of aromatic nitrogens is 1. The summed E-state index contributed by atoms with van der Waals surface area (Å²) in [7, 11) is -6.00. The van der Waals surface area contributed by atoms with Gasteiger partial charge in [-0.3, -0.25) is 4.79 Å². The third-order valence-corrected chi connectivity index (χ3v) is 2.40. The zero-order valence-corrected chi connectivity index (χ0v) is 11.4. The molecule has 0 aliphatic heterocycles. The third-order valence-electron chi connectivity index (χ3n) is 1.53. The molecular formula is C9H11BF4N4OS. The minimum absolute atomic E-state index is 0.177. The molecule has 1 N–H and O–H groups in total. The summed E-state index contributed by atoms with van der Waals surface area (Å²) in [5.74, 6) is 1.11.